The van der Waals surface area contributed by atoms with Crippen molar-refractivity contribution in [3.8, 4) is 0 Å². The van der Waals surface area contributed by atoms with E-state index in [0.29, 0.717) is 17.8 Å². The molecular formula is C34H46N2O2. The van der Waals surface area contributed by atoms with Crippen LogP contribution in [-0.2, 0) is 4.79 Å². The summed E-state index contributed by atoms with van der Waals surface area (Å²) in [6.45, 7) is 5.33. The van der Waals surface area contributed by atoms with Crippen molar-refractivity contribution in [2.24, 2.45) is 23.7 Å². The molecular weight excluding hydrogens is 468 g/mol. The van der Waals surface area contributed by atoms with Crippen molar-refractivity contribution in [2.75, 3.05) is 32.7 Å². The van der Waals surface area contributed by atoms with Gasteiger partial charge in [-0.05, 0) is 92.3 Å². The Bertz CT molecular complexity index is 1030. The average Bonchev–Trinajstić information content (AvgIpc) is 3.61. The number of hydrogen-bond donors (Lipinski definition) is 1. The standard InChI is InChI=1S/C34H46N2O2/c37-34(38)33(28-14-8-3-9-15-28)36-23-30(32(24-36)27-12-6-2-7-13-27)22-35-18-16-25(17-19-35)20-29-21-31(29)26-10-4-1-5-11-26/h1-2,4-7,10-13,25,28-33H,3,8-9,14-24H2,(H,37,38). The Morgan fingerprint density at radius 1 is 0.789 bits per heavy atom. The summed E-state index contributed by atoms with van der Waals surface area (Å²) in [7, 11) is 0. The summed E-state index contributed by atoms with van der Waals surface area (Å²) in [4.78, 5) is 17.6. The summed E-state index contributed by atoms with van der Waals surface area (Å²) < 4.78 is 0. The second kappa shape index (κ2) is 11.9. The van der Waals surface area contributed by atoms with Crippen molar-refractivity contribution >= 4 is 5.97 Å². The summed E-state index contributed by atoms with van der Waals surface area (Å²) in [5, 5.41) is 10.3. The van der Waals surface area contributed by atoms with Gasteiger partial charge in [-0.2, -0.15) is 0 Å². The lowest BCUT2D eigenvalue weighted by Crippen LogP contribution is -2.46. The lowest BCUT2D eigenvalue weighted by atomic mass is 9.83. The molecule has 5 atom stereocenters. The summed E-state index contributed by atoms with van der Waals surface area (Å²) in [5.41, 5.74) is 2.93. The van der Waals surface area contributed by atoms with Gasteiger partial charge in [-0.25, -0.2) is 0 Å². The van der Waals surface area contributed by atoms with Gasteiger partial charge in [0.25, 0.3) is 0 Å². The topological polar surface area (TPSA) is 43.8 Å². The number of hydrogen-bond acceptors (Lipinski definition) is 3. The molecule has 4 fully saturated rings. The Kier molecular flexibility index (Phi) is 8.18. The maximum absolute atomic E-state index is 12.5. The normalized spacial score (nSPS) is 30.3. The quantitative estimate of drug-likeness (QED) is 0.407. The van der Waals surface area contributed by atoms with Gasteiger partial charge < -0.3 is 10.0 Å². The second-order valence-electron chi connectivity index (χ2n) is 12.9. The van der Waals surface area contributed by atoms with Crippen LogP contribution in [0.25, 0.3) is 0 Å². The number of rotatable bonds is 9. The minimum atomic E-state index is -0.598. The van der Waals surface area contributed by atoms with E-state index in [1.807, 2.05) is 0 Å². The van der Waals surface area contributed by atoms with Crippen LogP contribution in [0.5, 0.6) is 0 Å². The predicted octanol–water partition coefficient (Wildman–Crippen LogP) is 6.64. The minimum absolute atomic E-state index is 0.312. The van der Waals surface area contributed by atoms with E-state index in [0.717, 1.165) is 50.2 Å². The third kappa shape index (κ3) is 6.02. The number of carboxylic acids is 1. The highest BCUT2D eigenvalue weighted by Crippen LogP contribution is 2.51. The highest BCUT2D eigenvalue weighted by molar-refractivity contribution is 5.74. The molecule has 0 aromatic heterocycles. The van der Waals surface area contributed by atoms with Crippen molar-refractivity contribution in [1.29, 1.82) is 0 Å². The van der Waals surface area contributed by atoms with Crippen LogP contribution in [0, 0.1) is 23.7 Å². The monoisotopic (exact) mass is 514 g/mol. The molecule has 0 radical (unpaired) electrons. The molecule has 4 heteroatoms. The first-order chi connectivity index (χ1) is 18.7. The molecule has 2 aromatic carbocycles. The van der Waals surface area contributed by atoms with Crippen molar-refractivity contribution < 1.29 is 9.90 Å². The van der Waals surface area contributed by atoms with Gasteiger partial charge in [0.2, 0.25) is 0 Å². The molecule has 2 aliphatic heterocycles. The lowest BCUT2D eigenvalue weighted by Gasteiger charge is -2.35. The summed E-state index contributed by atoms with van der Waals surface area (Å²) >= 11 is 0. The third-order valence-electron chi connectivity index (χ3n) is 10.4. The van der Waals surface area contributed by atoms with Gasteiger partial charge in [-0.1, -0.05) is 79.9 Å². The van der Waals surface area contributed by atoms with E-state index in [4.69, 9.17) is 0 Å². The first-order valence-electron chi connectivity index (χ1n) is 15.4. The minimum Gasteiger partial charge on any atom is -0.480 e. The zero-order valence-electron chi connectivity index (χ0n) is 23.0. The zero-order chi connectivity index (χ0) is 25.9. The number of carboxylic acid groups (broad SMARTS) is 1. The van der Waals surface area contributed by atoms with E-state index in [9.17, 15) is 9.90 Å². The van der Waals surface area contributed by atoms with E-state index in [-0.39, 0.29) is 6.04 Å². The predicted molar refractivity (Wildman–Crippen MR) is 153 cm³/mol. The smallest absolute Gasteiger partial charge is 0.321 e. The highest BCUT2D eigenvalue weighted by atomic mass is 16.4. The van der Waals surface area contributed by atoms with Crippen LogP contribution in [0.3, 0.4) is 0 Å². The van der Waals surface area contributed by atoms with Crippen LogP contribution >= 0.6 is 0 Å². The molecule has 5 unspecified atom stereocenters. The number of benzene rings is 2. The van der Waals surface area contributed by atoms with Gasteiger partial charge in [0, 0.05) is 25.6 Å². The molecule has 4 nitrogen and oxygen atoms in total. The lowest BCUT2D eigenvalue weighted by molar-refractivity contribution is -0.145. The molecule has 2 saturated carbocycles. The van der Waals surface area contributed by atoms with Crippen molar-refractivity contribution in [2.45, 2.75) is 75.7 Å². The molecule has 0 bridgehead atoms. The molecule has 2 saturated heterocycles. The largest absolute Gasteiger partial charge is 0.480 e. The third-order valence-corrected chi connectivity index (χ3v) is 10.4. The number of nitrogens with zero attached hydrogens (tertiary/aromatic N) is 2. The fraction of sp³-hybridized carbons (Fsp3) is 0.618. The molecule has 0 amide bonds. The average molecular weight is 515 g/mol. The van der Waals surface area contributed by atoms with Gasteiger partial charge in [-0.15, -0.1) is 0 Å². The van der Waals surface area contributed by atoms with Crippen molar-refractivity contribution in [1.82, 2.24) is 9.80 Å². The number of carbonyl (C=O) groups is 1. The van der Waals surface area contributed by atoms with Crippen molar-refractivity contribution in [3.05, 3.63) is 71.8 Å². The molecule has 0 spiro atoms. The number of piperidine rings is 1. The van der Waals surface area contributed by atoms with Crippen LogP contribution in [0.15, 0.2) is 60.7 Å². The summed E-state index contributed by atoms with van der Waals surface area (Å²) in [5.74, 6) is 3.22. The van der Waals surface area contributed by atoms with E-state index in [2.05, 4.69) is 70.5 Å². The van der Waals surface area contributed by atoms with Gasteiger partial charge in [0.1, 0.15) is 6.04 Å². The van der Waals surface area contributed by atoms with E-state index >= 15 is 0 Å². The SMILES string of the molecule is O=C(O)C(C1CCCCC1)N1CC(CN2CCC(CC3CC3c3ccccc3)CC2)C(c2ccccc2)C1. The molecule has 204 valence electrons. The molecule has 2 aromatic rings. The Labute approximate surface area is 229 Å². The van der Waals surface area contributed by atoms with Crippen LogP contribution < -0.4 is 0 Å². The van der Waals surface area contributed by atoms with Gasteiger partial charge in [0.15, 0.2) is 0 Å². The molecule has 1 N–H and O–H groups in total. The highest BCUT2D eigenvalue weighted by Gasteiger charge is 2.44. The molecule has 2 heterocycles. The summed E-state index contributed by atoms with van der Waals surface area (Å²) in [6, 6.07) is 21.7. The van der Waals surface area contributed by atoms with E-state index in [1.54, 1.807) is 5.56 Å². The Hall–Kier alpha value is -2.17. The Balaban J connectivity index is 1.06. The fourth-order valence-corrected chi connectivity index (χ4v) is 8.28. The molecule has 2 aliphatic carbocycles. The van der Waals surface area contributed by atoms with Gasteiger partial charge >= 0.3 is 5.97 Å². The molecule has 4 aliphatic rings. The second-order valence-corrected chi connectivity index (χ2v) is 12.9. The maximum atomic E-state index is 12.5. The van der Waals surface area contributed by atoms with E-state index < -0.39 is 5.97 Å². The van der Waals surface area contributed by atoms with Crippen molar-refractivity contribution in [3.63, 3.8) is 0 Å². The van der Waals surface area contributed by atoms with Crippen LogP contribution in [-0.4, -0.2) is 59.6 Å². The fourth-order valence-electron chi connectivity index (χ4n) is 8.28. The Morgan fingerprint density at radius 3 is 2.05 bits per heavy atom. The van der Waals surface area contributed by atoms with Crippen LogP contribution in [0.4, 0.5) is 0 Å². The molecule has 38 heavy (non-hydrogen) atoms. The van der Waals surface area contributed by atoms with Crippen LogP contribution in [0.1, 0.15) is 80.8 Å². The van der Waals surface area contributed by atoms with E-state index in [1.165, 1.54) is 63.6 Å². The number of likely N-dealkylation sites (tertiary alicyclic amines) is 2. The number of aliphatic carboxylic acids is 1. The van der Waals surface area contributed by atoms with Gasteiger partial charge in [-0.3, -0.25) is 9.69 Å². The maximum Gasteiger partial charge on any atom is 0.321 e. The molecule has 6 rings (SSSR count). The first-order valence-corrected chi connectivity index (χ1v) is 15.4. The van der Waals surface area contributed by atoms with Crippen LogP contribution in [0.2, 0.25) is 0 Å². The van der Waals surface area contributed by atoms with Gasteiger partial charge in [0.05, 0.1) is 0 Å². The first kappa shape index (κ1) is 26.1. The Morgan fingerprint density at radius 2 is 1.42 bits per heavy atom. The zero-order valence-corrected chi connectivity index (χ0v) is 23.0. The summed E-state index contributed by atoms with van der Waals surface area (Å²) in [6.07, 6.45) is 11.2.